The molecule has 0 radical (unpaired) electrons. The Morgan fingerprint density at radius 2 is 1.91 bits per heavy atom. The Morgan fingerprint density at radius 3 is 2.70 bits per heavy atom. The van der Waals surface area contributed by atoms with E-state index in [4.69, 9.17) is 4.98 Å². The molecule has 5 rings (SSSR count). The number of thioether (sulfide) groups is 1. The Morgan fingerprint density at radius 1 is 1.09 bits per heavy atom. The number of rotatable bonds is 6. The fourth-order valence-electron chi connectivity index (χ4n) is 3.61. The molecular weight excluding hydrogens is 452 g/mol. The van der Waals surface area contributed by atoms with Gasteiger partial charge in [-0.3, -0.25) is 18.6 Å². The van der Waals surface area contributed by atoms with Gasteiger partial charge in [-0.1, -0.05) is 54.2 Å². The second-order valence-electron chi connectivity index (χ2n) is 7.60. The quantitative estimate of drug-likeness (QED) is 0.199. The van der Waals surface area contributed by atoms with Crippen molar-refractivity contribution in [3.8, 4) is 10.4 Å². The van der Waals surface area contributed by atoms with Crippen LogP contribution in [0.5, 0.6) is 0 Å². The summed E-state index contributed by atoms with van der Waals surface area (Å²) >= 11 is 2.89. The lowest BCUT2D eigenvalue weighted by Gasteiger charge is -2.10. The number of hydrogen-bond donors (Lipinski definition) is 0. The number of thiophene rings is 1. The number of pyridine rings is 1. The minimum Gasteiger partial charge on any atom is -0.283 e. The van der Waals surface area contributed by atoms with E-state index < -0.39 is 0 Å². The number of aryl methyl sites for hydroxylation is 1. The maximum absolute atomic E-state index is 13.3. The van der Waals surface area contributed by atoms with Crippen molar-refractivity contribution in [3.05, 3.63) is 105 Å². The maximum atomic E-state index is 13.3. The molecule has 0 fully saturated rings. The molecular formula is C25H20N4O2S2. The summed E-state index contributed by atoms with van der Waals surface area (Å²) in [6.07, 6.45) is 3.46. The van der Waals surface area contributed by atoms with E-state index in [2.05, 4.69) is 11.6 Å². The summed E-state index contributed by atoms with van der Waals surface area (Å²) in [5.41, 5.74) is 3.07. The van der Waals surface area contributed by atoms with Crippen LogP contribution in [0, 0.1) is 6.92 Å². The zero-order chi connectivity index (χ0) is 22.9. The summed E-state index contributed by atoms with van der Waals surface area (Å²) in [7, 11) is 0. The van der Waals surface area contributed by atoms with Crippen molar-refractivity contribution in [2.75, 3.05) is 0 Å². The molecule has 4 aromatic heterocycles. The number of nitrogens with zero attached hydrogens (tertiary/aromatic N) is 4. The van der Waals surface area contributed by atoms with Gasteiger partial charge >= 0.3 is 0 Å². The molecule has 0 aliphatic carbocycles. The molecule has 0 saturated heterocycles. The van der Waals surface area contributed by atoms with E-state index in [9.17, 15) is 9.59 Å². The van der Waals surface area contributed by atoms with Gasteiger partial charge in [-0.2, -0.15) is 0 Å². The molecule has 0 saturated carbocycles. The van der Waals surface area contributed by atoms with Gasteiger partial charge in [0.1, 0.15) is 10.5 Å². The van der Waals surface area contributed by atoms with Gasteiger partial charge in [0.25, 0.3) is 11.1 Å². The first-order chi connectivity index (χ1) is 16.0. The van der Waals surface area contributed by atoms with Gasteiger partial charge in [-0.05, 0) is 30.2 Å². The summed E-state index contributed by atoms with van der Waals surface area (Å²) in [6, 6.07) is 17.2. The molecule has 6 nitrogen and oxygen atoms in total. The Bertz CT molecular complexity index is 1620. The van der Waals surface area contributed by atoms with Gasteiger partial charge in [-0.25, -0.2) is 9.97 Å². The topological polar surface area (TPSA) is 69.3 Å². The highest BCUT2D eigenvalue weighted by atomic mass is 32.2. The highest BCUT2D eigenvalue weighted by Gasteiger charge is 2.15. The Labute approximate surface area is 197 Å². The molecule has 0 bridgehead atoms. The van der Waals surface area contributed by atoms with Crippen molar-refractivity contribution in [2.45, 2.75) is 24.4 Å². The smallest absolute Gasteiger partial charge is 0.263 e. The molecule has 0 unspecified atom stereocenters. The van der Waals surface area contributed by atoms with Crippen LogP contribution in [-0.4, -0.2) is 18.9 Å². The van der Waals surface area contributed by atoms with Crippen LogP contribution in [0.25, 0.3) is 26.3 Å². The fraction of sp³-hybridized carbons (Fsp3) is 0.120. The highest BCUT2D eigenvalue weighted by molar-refractivity contribution is 7.98. The van der Waals surface area contributed by atoms with Crippen LogP contribution in [-0.2, 0) is 12.3 Å². The van der Waals surface area contributed by atoms with Gasteiger partial charge in [0.05, 0.1) is 11.1 Å². The normalized spacial score (nSPS) is 11.3. The predicted molar refractivity (Wildman–Crippen MR) is 135 cm³/mol. The van der Waals surface area contributed by atoms with E-state index in [0.29, 0.717) is 39.0 Å². The Kier molecular flexibility index (Phi) is 5.70. The number of aromatic nitrogens is 4. The number of allylic oxidation sites excluding steroid dienone is 1. The van der Waals surface area contributed by atoms with E-state index in [1.165, 1.54) is 33.6 Å². The van der Waals surface area contributed by atoms with Gasteiger partial charge in [0.2, 0.25) is 0 Å². The molecule has 0 atom stereocenters. The molecule has 0 aliphatic heterocycles. The monoisotopic (exact) mass is 472 g/mol. The molecule has 0 N–H and O–H groups in total. The van der Waals surface area contributed by atoms with E-state index >= 15 is 0 Å². The summed E-state index contributed by atoms with van der Waals surface area (Å²) < 4.78 is 3.16. The molecule has 1 aromatic carbocycles. The molecule has 0 amide bonds. The zero-order valence-electron chi connectivity index (χ0n) is 17.9. The van der Waals surface area contributed by atoms with Crippen molar-refractivity contribution >= 4 is 39.0 Å². The van der Waals surface area contributed by atoms with Crippen molar-refractivity contribution in [3.63, 3.8) is 0 Å². The zero-order valence-corrected chi connectivity index (χ0v) is 19.5. The number of hydrogen-bond acceptors (Lipinski definition) is 6. The summed E-state index contributed by atoms with van der Waals surface area (Å²) in [5, 5.41) is 1.18. The maximum Gasteiger partial charge on any atom is 0.263 e. The average Bonchev–Trinajstić information content (AvgIpc) is 3.25. The van der Waals surface area contributed by atoms with Crippen molar-refractivity contribution in [2.24, 2.45) is 0 Å². The second kappa shape index (κ2) is 8.80. The molecule has 5 aromatic rings. The van der Waals surface area contributed by atoms with Crippen LogP contribution < -0.4 is 11.1 Å². The van der Waals surface area contributed by atoms with Crippen LogP contribution in [0.3, 0.4) is 0 Å². The second-order valence-corrected chi connectivity index (χ2v) is 9.58. The van der Waals surface area contributed by atoms with Gasteiger partial charge < -0.3 is 0 Å². The third kappa shape index (κ3) is 4.15. The lowest BCUT2D eigenvalue weighted by Crippen LogP contribution is -2.22. The fourth-order valence-corrected chi connectivity index (χ4v) is 5.59. The third-order valence-corrected chi connectivity index (χ3v) is 7.28. The average molecular weight is 473 g/mol. The minimum atomic E-state index is -0.128. The van der Waals surface area contributed by atoms with E-state index in [1.54, 1.807) is 16.8 Å². The summed E-state index contributed by atoms with van der Waals surface area (Å²) in [4.78, 5) is 36.9. The van der Waals surface area contributed by atoms with Crippen LogP contribution in [0.4, 0.5) is 0 Å². The summed E-state index contributed by atoms with van der Waals surface area (Å²) in [5.74, 6) is 0.422. The van der Waals surface area contributed by atoms with Gasteiger partial charge in [0, 0.05) is 29.4 Å². The number of benzene rings is 1. The van der Waals surface area contributed by atoms with Crippen LogP contribution >= 0.6 is 23.1 Å². The molecule has 4 heterocycles. The van der Waals surface area contributed by atoms with Crippen molar-refractivity contribution in [1.82, 2.24) is 18.9 Å². The lowest BCUT2D eigenvalue weighted by atomic mass is 10.2. The van der Waals surface area contributed by atoms with E-state index in [0.717, 1.165) is 16.0 Å². The van der Waals surface area contributed by atoms with Crippen LogP contribution in [0.1, 0.15) is 11.3 Å². The first-order valence-corrected chi connectivity index (χ1v) is 12.2. The largest absolute Gasteiger partial charge is 0.283 e. The van der Waals surface area contributed by atoms with Gasteiger partial charge in [-0.15, -0.1) is 17.9 Å². The third-order valence-electron chi connectivity index (χ3n) is 5.20. The Balaban J connectivity index is 1.53. The minimum absolute atomic E-state index is 0.0946. The first kappa shape index (κ1) is 21.4. The number of fused-ring (bicyclic) bond motifs is 2. The molecule has 33 heavy (non-hydrogen) atoms. The van der Waals surface area contributed by atoms with Crippen molar-refractivity contribution in [1.29, 1.82) is 0 Å². The van der Waals surface area contributed by atoms with Crippen LogP contribution in [0.15, 0.2) is 88.2 Å². The van der Waals surface area contributed by atoms with Crippen molar-refractivity contribution < 1.29 is 0 Å². The summed E-state index contributed by atoms with van der Waals surface area (Å²) in [6.45, 7) is 6.08. The standard InChI is InChI=1S/C25H20N4O2S2/c1-3-11-28-24(31)19-13-20(17-7-5-4-6-8-17)33-23(19)27-25(28)32-15-18-12-22(30)29-14-16(2)9-10-21(29)26-18/h3-10,12-14H,1,11,15H2,2H3. The predicted octanol–water partition coefficient (Wildman–Crippen LogP) is 4.92. The highest BCUT2D eigenvalue weighted by Crippen LogP contribution is 2.32. The lowest BCUT2D eigenvalue weighted by molar-refractivity contribution is 0.672. The molecule has 164 valence electrons. The SMILES string of the molecule is C=CCn1c(SCc2cc(=O)n3cc(C)ccc3n2)nc2sc(-c3ccccc3)cc2c1=O. The first-order valence-electron chi connectivity index (χ1n) is 10.4. The van der Waals surface area contributed by atoms with Crippen LogP contribution in [0.2, 0.25) is 0 Å². The Hall–Kier alpha value is -3.49. The molecule has 0 spiro atoms. The van der Waals surface area contributed by atoms with E-state index in [1.807, 2.05) is 55.5 Å². The molecule has 0 aliphatic rings. The van der Waals surface area contributed by atoms with E-state index in [-0.39, 0.29) is 11.1 Å². The van der Waals surface area contributed by atoms with Gasteiger partial charge in [0.15, 0.2) is 5.16 Å². The molecule has 8 heteroatoms.